The van der Waals surface area contributed by atoms with Crippen LogP contribution in [0.2, 0.25) is 0 Å². The maximum absolute atomic E-state index is 12.7. The summed E-state index contributed by atoms with van der Waals surface area (Å²) in [7, 11) is 1.77. The monoisotopic (exact) mass is 375 g/mol. The number of benzene rings is 2. The van der Waals surface area contributed by atoms with Crippen LogP contribution in [-0.2, 0) is 4.79 Å². The molecule has 4 nitrogen and oxygen atoms in total. The fraction of sp³-hybridized carbons (Fsp3) is 0.182. The molecule has 2 aromatic carbocycles. The van der Waals surface area contributed by atoms with Crippen molar-refractivity contribution in [3.8, 4) is 0 Å². The fourth-order valence-corrected chi connectivity index (χ4v) is 4.16. The van der Waals surface area contributed by atoms with Crippen LogP contribution in [0.4, 0.5) is 5.69 Å². The van der Waals surface area contributed by atoms with E-state index in [0.29, 0.717) is 16.1 Å². The Morgan fingerprint density at radius 1 is 1.04 bits per heavy atom. The number of amides is 1. The lowest BCUT2D eigenvalue weighted by Gasteiger charge is -2.08. The molecule has 1 fully saturated rings. The van der Waals surface area contributed by atoms with Gasteiger partial charge in [0.05, 0.1) is 10.6 Å². The molecule has 1 aliphatic rings. The van der Waals surface area contributed by atoms with Gasteiger partial charge in [-0.3, -0.25) is 9.69 Å². The molecule has 136 valence electrons. The van der Waals surface area contributed by atoms with Crippen molar-refractivity contribution in [1.82, 2.24) is 9.47 Å². The van der Waals surface area contributed by atoms with Gasteiger partial charge < -0.3 is 4.57 Å². The van der Waals surface area contributed by atoms with Crippen LogP contribution >= 0.6 is 11.8 Å². The van der Waals surface area contributed by atoms with Crippen LogP contribution in [0.3, 0.4) is 0 Å². The Balaban J connectivity index is 1.74. The smallest absolute Gasteiger partial charge is 0.266 e. The zero-order valence-electron chi connectivity index (χ0n) is 15.6. The Morgan fingerprint density at radius 2 is 1.74 bits per heavy atom. The summed E-state index contributed by atoms with van der Waals surface area (Å²) in [6.45, 7) is 4.33. The van der Waals surface area contributed by atoms with E-state index in [-0.39, 0.29) is 5.91 Å². The highest BCUT2D eigenvalue weighted by Gasteiger charge is 2.30. The molecule has 1 amide bonds. The highest BCUT2D eigenvalue weighted by atomic mass is 32.2. The Bertz CT molecular complexity index is 1060. The SMILES string of the molecule is CC(C)n1cc(/C=C2/SC(=Nc3ccccc3)N(C)C2=O)c2ccccc21. The van der Waals surface area contributed by atoms with Crippen LogP contribution in [0.5, 0.6) is 0 Å². The molecule has 27 heavy (non-hydrogen) atoms. The van der Waals surface area contributed by atoms with Crippen molar-refractivity contribution in [3.05, 3.63) is 71.3 Å². The number of rotatable bonds is 3. The molecule has 5 heteroatoms. The minimum absolute atomic E-state index is 0.0175. The van der Waals surface area contributed by atoms with Gasteiger partial charge in [-0.15, -0.1) is 0 Å². The average Bonchev–Trinajstić information content (AvgIpc) is 3.17. The number of likely N-dealkylation sites (N-methyl/N-ethyl adjacent to an activating group) is 1. The molecule has 0 N–H and O–H groups in total. The quantitative estimate of drug-likeness (QED) is 0.570. The Morgan fingerprint density at radius 3 is 2.48 bits per heavy atom. The minimum Gasteiger partial charge on any atom is -0.344 e. The van der Waals surface area contributed by atoms with Gasteiger partial charge in [-0.05, 0) is 49.9 Å². The van der Waals surface area contributed by atoms with E-state index in [4.69, 9.17) is 0 Å². The average molecular weight is 375 g/mol. The van der Waals surface area contributed by atoms with Gasteiger partial charge in [0.1, 0.15) is 0 Å². The summed E-state index contributed by atoms with van der Waals surface area (Å²) in [4.78, 5) is 19.7. The van der Waals surface area contributed by atoms with Gasteiger partial charge >= 0.3 is 0 Å². The van der Waals surface area contributed by atoms with E-state index >= 15 is 0 Å². The van der Waals surface area contributed by atoms with Gasteiger partial charge in [0.25, 0.3) is 5.91 Å². The van der Waals surface area contributed by atoms with E-state index in [1.807, 2.05) is 48.5 Å². The third kappa shape index (κ3) is 3.30. The lowest BCUT2D eigenvalue weighted by Crippen LogP contribution is -2.23. The maximum atomic E-state index is 12.7. The molecular weight excluding hydrogens is 354 g/mol. The number of carbonyl (C=O) groups excluding carboxylic acids is 1. The third-order valence-corrected chi connectivity index (χ3v) is 5.66. The normalized spacial score (nSPS) is 17.8. The number of hydrogen-bond acceptors (Lipinski definition) is 3. The van der Waals surface area contributed by atoms with E-state index < -0.39 is 0 Å². The fourth-order valence-electron chi connectivity index (χ4n) is 3.18. The minimum atomic E-state index is -0.0175. The van der Waals surface area contributed by atoms with Gasteiger partial charge in [0.15, 0.2) is 5.17 Å². The number of hydrogen-bond donors (Lipinski definition) is 0. The highest BCUT2D eigenvalue weighted by Crippen LogP contribution is 2.35. The van der Waals surface area contributed by atoms with Crippen LogP contribution in [0.15, 0.2) is 70.7 Å². The number of aromatic nitrogens is 1. The lowest BCUT2D eigenvalue weighted by atomic mass is 10.1. The molecule has 0 spiro atoms. The van der Waals surface area contributed by atoms with Gasteiger partial charge in [0.2, 0.25) is 0 Å². The van der Waals surface area contributed by atoms with Crippen molar-refractivity contribution in [2.75, 3.05) is 7.05 Å². The van der Waals surface area contributed by atoms with E-state index in [1.54, 1.807) is 11.9 Å². The molecule has 0 atom stereocenters. The summed E-state index contributed by atoms with van der Waals surface area (Å²) >= 11 is 1.42. The second kappa shape index (κ2) is 7.08. The topological polar surface area (TPSA) is 37.6 Å². The van der Waals surface area contributed by atoms with Crippen molar-refractivity contribution >= 4 is 45.5 Å². The zero-order valence-corrected chi connectivity index (χ0v) is 16.4. The number of aliphatic imine (C=N–C) groups is 1. The van der Waals surface area contributed by atoms with E-state index in [9.17, 15) is 4.79 Å². The second-order valence-corrected chi connectivity index (χ2v) is 7.82. The lowest BCUT2D eigenvalue weighted by molar-refractivity contribution is -0.121. The number of carbonyl (C=O) groups is 1. The Hall–Kier alpha value is -2.79. The highest BCUT2D eigenvalue weighted by molar-refractivity contribution is 8.18. The van der Waals surface area contributed by atoms with Crippen LogP contribution < -0.4 is 0 Å². The van der Waals surface area contributed by atoms with E-state index in [0.717, 1.165) is 16.6 Å². The van der Waals surface area contributed by atoms with Crippen molar-refractivity contribution in [1.29, 1.82) is 0 Å². The van der Waals surface area contributed by atoms with Crippen molar-refractivity contribution in [3.63, 3.8) is 0 Å². The van der Waals surface area contributed by atoms with Crippen LogP contribution in [0, 0.1) is 0 Å². The molecule has 0 saturated carbocycles. The number of thioether (sulfide) groups is 1. The second-order valence-electron chi connectivity index (χ2n) is 6.81. The number of amidine groups is 1. The molecule has 0 bridgehead atoms. The first kappa shape index (κ1) is 17.6. The van der Waals surface area contributed by atoms with E-state index in [2.05, 4.69) is 41.7 Å². The summed E-state index contributed by atoms with van der Waals surface area (Å²) in [5.41, 5.74) is 3.09. The van der Waals surface area contributed by atoms with Crippen LogP contribution in [0.1, 0.15) is 25.5 Å². The summed E-state index contributed by atoms with van der Waals surface area (Å²) in [5.74, 6) is -0.0175. The van der Waals surface area contributed by atoms with Crippen molar-refractivity contribution in [2.24, 2.45) is 4.99 Å². The number of fused-ring (bicyclic) bond motifs is 1. The maximum Gasteiger partial charge on any atom is 0.266 e. The predicted octanol–water partition coefficient (Wildman–Crippen LogP) is 5.46. The molecule has 0 aliphatic carbocycles. The summed E-state index contributed by atoms with van der Waals surface area (Å²) in [6.07, 6.45) is 4.11. The Labute approximate surface area is 163 Å². The van der Waals surface area contributed by atoms with Gasteiger partial charge in [0, 0.05) is 35.8 Å². The van der Waals surface area contributed by atoms with Gasteiger partial charge in [-0.1, -0.05) is 36.4 Å². The summed E-state index contributed by atoms with van der Waals surface area (Å²) in [5, 5.41) is 1.85. The van der Waals surface area contributed by atoms with Crippen molar-refractivity contribution < 1.29 is 4.79 Å². The zero-order chi connectivity index (χ0) is 19.0. The summed E-state index contributed by atoms with van der Waals surface area (Å²) in [6, 6.07) is 18.4. The predicted molar refractivity (Wildman–Crippen MR) is 114 cm³/mol. The number of nitrogens with zero attached hydrogens (tertiary/aromatic N) is 3. The van der Waals surface area contributed by atoms with Gasteiger partial charge in [-0.25, -0.2) is 4.99 Å². The Kier molecular flexibility index (Phi) is 4.62. The van der Waals surface area contributed by atoms with Crippen LogP contribution in [0.25, 0.3) is 17.0 Å². The first-order valence-electron chi connectivity index (χ1n) is 8.95. The largest absolute Gasteiger partial charge is 0.344 e. The molecule has 0 unspecified atom stereocenters. The first-order chi connectivity index (χ1) is 13.0. The molecular formula is C22H21N3OS. The molecule has 3 aromatic rings. The van der Waals surface area contributed by atoms with E-state index in [1.165, 1.54) is 17.3 Å². The summed E-state index contributed by atoms with van der Waals surface area (Å²) < 4.78 is 2.24. The van der Waals surface area contributed by atoms with Crippen LogP contribution in [-0.4, -0.2) is 27.6 Å². The van der Waals surface area contributed by atoms with Gasteiger partial charge in [-0.2, -0.15) is 0 Å². The molecule has 1 saturated heterocycles. The number of para-hydroxylation sites is 2. The van der Waals surface area contributed by atoms with Crippen molar-refractivity contribution in [2.45, 2.75) is 19.9 Å². The molecule has 1 aromatic heterocycles. The molecule has 0 radical (unpaired) electrons. The molecule has 4 rings (SSSR count). The third-order valence-electron chi connectivity index (χ3n) is 4.60. The first-order valence-corrected chi connectivity index (χ1v) is 9.77. The molecule has 2 heterocycles. The molecule has 1 aliphatic heterocycles. The standard InChI is InChI=1S/C22H21N3OS/c1-15(2)25-14-16(18-11-7-8-12-19(18)25)13-20-21(26)24(3)22(27-20)23-17-9-5-4-6-10-17/h4-15H,1-3H3/b20-13+,23-22?.